The van der Waals surface area contributed by atoms with Crippen LogP contribution in [-0.4, -0.2) is 70.0 Å². The number of nitrogens with zero attached hydrogens (tertiary/aromatic N) is 5. The number of likely N-dealkylation sites (tertiary alicyclic amines) is 1. The first-order valence-electron chi connectivity index (χ1n) is 10.6. The summed E-state index contributed by atoms with van der Waals surface area (Å²) in [5, 5.41) is 9.16. The molecule has 0 spiro atoms. The fraction of sp³-hybridized carbons (Fsp3) is 0.900. The van der Waals surface area contributed by atoms with Crippen molar-refractivity contribution in [1.82, 2.24) is 24.6 Å². The lowest BCUT2D eigenvalue weighted by molar-refractivity contribution is 0.0326. The Labute approximate surface area is 158 Å². The molecule has 1 unspecified atom stereocenters. The molecule has 1 atom stereocenters. The highest BCUT2D eigenvalue weighted by molar-refractivity contribution is 5.04. The first kappa shape index (κ1) is 19.8. The van der Waals surface area contributed by atoms with Crippen LogP contribution in [0.4, 0.5) is 0 Å². The summed E-state index contributed by atoms with van der Waals surface area (Å²) in [7, 11) is 2.15. The molecule has 0 radical (unpaired) electrons. The summed E-state index contributed by atoms with van der Waals surface area (Å²) in [5.41, 5.74) is 0. The van der Waals surface area contributed by atoms with Crippen LogP contribution < -0.4 is 0 Å². The monoisotopic (exact) mass is 363 g/mol. The van der Waals surface area contributed by atoms with Crippen molar-refractivity contribution in [3.8, 4) is 0 Å². The van der Waals surface area contributed by atoms with Gasteiger partial charge in [0.2, 0.25) is 0 Å². The minimum absolute atomic E-state index is 0.524. The van der Waals surface area contributed by atoms with Gasteiger partial charge in [0.1, 0.15) is 11.6 Å². The van der Waals surface area contributed by atoms with Gasteiger partial charge in [0.15, 0.2) is 0 Å². The van der Waals surface area contributed by atoms with E-state index in [1.54, 1.807) is 0 Å². The van der Waals surface area contributed by atoms with E-state index in [-0.39, 0.29) is 0 Å². The molecule has 2 aliphatic rings. The van der Waals surface area contributed by atoms with Crippen molar-refractivity contribution in [1.29, 1.82) is 0 Å². The summed E-state index contributed by atoms with van der Waals surface area (Å²) in [6.45, 7) is 11.6. The second-order valence-electron chi connectivity index (χ2n) is 7.99. The Hall–Kier alpha value is -0.980. The van der Waals surface area contributed by atoms with E-state index in [0.29, 0.717) is 5.92 Å². The SMILES string of the molecule is CCCC(CCC)N1CCCC(c2nnc(CN3CCOCC3)n2C)C1. The molecule has 6 nitrogen and oxygen atoms in total. The quantitative estimate of drug-likeness (QED) is 0.711. The zero-order valence-corrected chi connectivity index (χ0v) is 17.0. The van der Waals surface area contributed by atoms with E-state index < -0.39 is 0 Å². The van der Waals surface area contributed by atoms with Crippen LogP contribution >= 0.6 is 0 Å². The predicted molar refractivity (Wildman–Crippen MR) is 104 cm³/mol. The zero-order chi connectivity index (χ0) is 18.4. The Balaban J connectivity index is 1.64. The van der Waals surface area contributed by atoms with E-state index in [1.165, 1.54) is 50.9 Å². The number of rotatable bonds is 8. The molecule has 0 bridgehead atoms. The summed E-state index contributed by atoms with van der Waals surface area (Å²) in [5.74, 6) is 2.80. The lowest BCUT2D eigenvalue weighted by Gasteiger charge is -2.38. The van der Waals surface area contributed by atoms with Gasteiger partial charge in [0.05, 0.1) is 19.8 Å². The number of hydrogen-bond donors (Lipinski definition) is 0. The number of aromatic nitrogens is 3. The highest BCUT2D eigenvalue weighted by Crippen LogP contribution is 2.29. The highest BCUT2D eigenvalue weighted by atomic mass is 16.5. The van der Waals surface area contributed by atoms with Crippen LogP contribution in [0.25, 0.3) is 0 Å². The van der Waals surface area contributed by atoms with Gasteiger partial charge in [0.25, 0.3) is 0 Å². The maximum absolute atomic E-state index is 5.45. The van der Waals surface area contributed by atoms with Crippen molar-refractivity contribution >= 4 is 0 Å². The molecule has 0 N–H and O–H groups in total. The van der Waals surface area contributed by atoms with E-state index in [2.05, 4.69) is 45.5 Å². The van der Waals surface area contributed by atoms with Crippen molar-refractivity contribution < 1.29 is 4.74 Å². The minimum Gasteiger partial charge on any atom is -0.379 e. The second-order valence-corrected chi connectivity index (χ2v) is 7.99. The molecule has 1 aromatic rings. The van der Waals surface area contributed by atoms with Crippen LogP contribution in [0.1, 0.15) is 69.9 Å². The second kappa shape index (κ2) is 9.81. The molecule has 26 heavy (non-hydrogen) atoms. The van der Waals surface area contributed by atoms with Gasteiger partial charge in [-0.1, -0.05) is 26.7 Å². The van der Waals surface area contributed by atoms with Crippen LogP contribution in [0.3, 0.4) is 0 Å². The molecule has 0 aromatic carbocycles. The largest absolute Gasteiger partial charge is 0.379 e. The maximum atomic E-state index is 5.45. The Morgan fingerprint density at radius 2 is 1.81 bits per heavy atom. The van der Waals surface area contributed by atoms with Gasteiger partial charge in [-0.05, 0) is 32.2 Å². The average molecular weight is 364 g/mol. The predicted octanol–water partition coefficient (Wildman–Crippen LogP) is 2.80. The van der Waals surface area contributed by atoms with Crippen LogP contribution in [0.5, 0.6) is 0 Å². The van der Waals surface area contributed by atoms with E-state index >= 15 is 0 Å². The van der Waals surface area contributed by atoms with Gasteiger partial charge in [-0.25, -0.2) is 0 Å². The van der Waals surface area contributed by atoms with Gasteiger partial charge < -0.3 is 9.30 Å². The Kier molecular flexibility index (Phi) is 7.46. The molecule has 2 aliphatic heterocycles. The van der Waals surface area contributed by atoms with Gasteiger partial charge >= 0.3 is 0 Å². The van der Waals surface area contributed by atoms with Crippen molar-refractivity contribution in [2.24, 2.45) is 7.05 Å². The molecule has 1 aromatic heterocycles. The Morgan fingerprint density at radius 3 is 2.50 bits per heavy atom. The number of hydrogen-bond acceptors (Lipinski definition) is 5. The van der Waals surface area contributed by atoms with Gasteiger partial charge in [-0.3, -0.25) is 9.80 Å². The molecule has 3 rings (SSSR count). The fourth-order valence-corrected chi connectivity index (χ4v) is 4.55. The van der Waals surface area contributed by atoms with Gasteiger partial charge in [-0.2, -0.15) is 0 Å². The molecule has 0 aliphatic carbocycles. The summed E-state index contributed by atoms with van der Waals surface area (Å²) < 4.78 is 7.71. The van der Waals surface area contributed by atoms with Crippen molar-refractivity contribution in [3.05, 3.63) is 11.6 Å². The molecular formula is C20H37N5O. The lowest BCUT2D eigenvalue weighted by Crippen LogP contribution is -2.42. The summed E-state index contributed by atoms with van der Waals surface area (Å²) in [4.78, 5) is 5.15. The van der Waals surface area contributed by atoms with Crippen molar-refractivity contribution in [2.45, 2.75) is 70.9 Å². The first-order chi connectivity index (χ1) is 12.7. The number of piperidine rings is 1. The summed E-state index contributed by atoms with van der Waals surface area (Å²) in [6.07, 6.45) is 7.72. The Morgan fingerprint density at radius 1 is 1.08 bits per heavy atom. The minimum atomic E-state index is 0.524. The third-order valence-electron chi connectivity index (χ3n) is 6.05. The lowest BCUT2D eigenvalue weighted by atomic mass is 9.93. The van der Waals surface area contributed by atoms with Gasteiger partial charge in [0, 0.05) is 38.6 Å². The fourth-order valence-electron chi connectivity index (χ4n) is 4.55. The van der Waals surface area contributed by atoms with Gasteiger partial charge in [-0.15, -0.1) is 10.2 Å². The van der Waals surface area contributed by atoms with E-state index in [1.807, 2.05) is 0 Å². The number of ether oxygens (including phenoxy) is 1. The third kappa shape index (κ3) is 4.84. The molecule has 2 fully saturated rings. The van der Waals surface area contributed by atoms with Crippen LogP contribution in [0.2, 0.25) is 0 Å². The van der Waals surface area contributed by atoms with Crippen LogP contribution in [-0.2, 0) is 18.3 Å². The average Bonchev–Trinajstić information content (AvgIpc) is 3.03. The summed E-state index contributed by atoms with van der Waals surface area (Å²) in [6, 6.07) is 0.744. The molecule has 0 saturated carbocycles. The Bertz CT molecular complexity index is 534. The normalized spacial score (nSPS) is 23.0. The topological polar surface area (TPSA) is 46.4 Å². The summed E-state index contributed by atoms with van der Waals surface area (Å²) >= 11 is 0. The van der Waals surface area contributed by atoms with E-state index in [4.69, 9.17) is 4.74 Å². The van der Waals surface area contributed by atoms with Crippen LogP contribution in [0, 0.1) is 0 Å². The standard InChI is InChI=1S/C20H37N5O/c1-4-7-18(8-5-2)25-10-6-9-17(15-25)20-22-21-19(23(20)3)16-24-11-13-26-14-12-24/h17-18H,4-16H2,1-3H3. The number of morpholine rings is 1. The van der Waals surface area contributed by atoms with Crippen LogP contribution in [0.15, 0.2) is 0 Å². The highest BCUT2D eigenvalue weighted by Gasteiger charge is 2.29. The molecular weight excluding hydrogens is 326 g/mol. The van der Waals surface area contributed by atoms with Crippen molar-refractivity contribution in [2.75, 3.05) is 39.4 Å². The van der Waals surface area contributed by atoms with E-state index in [0.717, 1.165) is 51.3 Å². The molecule has 3 heterocycles. The molecule has 0 amide bonds. The third-order valence-corrected chi connectivity index (χ3v) is 6.05. The first-order valence-corrected chi connectivity index (χ1v) is 10.6. The molecule has 2 saturated heterocycles. The zero-order valence-electron chi connectivity index (χ0n) is 17.0. The molecule has 6 heteroatoms. The molecule has 148 valence electrons. The van der Waals surface area contributed by atoms with E-state index in [9.17, 15) is 0 Å². The van der Waals surface area contributed by atoms with Crippen molar-refractivity contribution in [3.63, 3.8) is 0 Å². The maximum Gasteiger partial charge on any atom is 0.146 e. The smallest absolute Gasteiger partial charge is 0.146 e.